The van der Waals surface area contributed by atoms with Gasteiger partial charge in [0.05, 0.1) is 24.1 Å². The van der Waals surface area contributed by atoms with Gasteiger partial charge in [0.15, 0.2) is 0 Å². The molecule has 9 nitrogen and oxygen atoms in total. The van der Waals surface area contributed by atoms with Crippen LogP contribution in [0.2, 0.25) is 0 Å². The normalized spacial score (nSPS) is 15.7. The number of amides is 1. The fourth-order valence-corrected chi connectivity index (χ4v) is 4.38. The lowest BCUT2D eigenvalue weighted by Gasteiger charge is -2.28. The van der Waals surface area contributed by atoms with Gasteiger partial charge in [0, 0.05) is 17.8 Å². The zero-order valence-electron chi connectivity index (χ0n) is 19.6. The summed E-state index contributed by atoms with van der Waals surface area (Å²) in [5.41, 5.74) is 10.7. The van der Waals surface area contributed by atoms with Gasteiger partial charge in [0.2, 0.25) is 0 Å². The van der Waals surface area contributed by atoms with Crippen LogP contribution in [0.3, 0.4) is 0 Å². The molecule has 3 aromatic rings. The third kappa shape index (κ3) is 4.35. The highest BCUT2D eigenvalue weighted by molar-refractivity contribution is 6.03. The van der Waals surface area contributed by atoms with Crippen molar-refractivity contribution in [3.8, 4) is 11.1 Å². The molecule has 0 spiro atoms. The van der Waals surface area contributed by atoms with Crippen molar-refractivity contribution in [3.05, 3.63) is 41.3 Å². The number of esters is 1. The van der Waals surface area contributed by atoms with Crippen molar-refractivity contribution in [1.29, 1.82) is 0 Å². The Labute approximate surface area is 192 Å². The van der Waals surface area contributed by atoms with Crippen molar-refractivity contribution in [3.63, 3.8) is 0 Å². The minimum absolute atomic E-state index is 0.101. The average Bonchev–Trinajstić information content (AvgIpc) is 3.07. The van der Waals surface area contributed by atoms with E-state index in [4.69, 9.17) is 15.2 Å². The van der Waals surface area contributed by atoms with Crippen LogP contribution in [0, 0.1) is 6.92 Å². The molecule has 9 heteroatoms. The number of carbonyl (C=O) groups excluding carboxylic acids is 2. The lowest BCUT2D eigenvalue weighted by atomic mass is 9.95. The summed E-state index contributed by atoms with van der Waals surface area (Å²) in [7, 11) is 1.37. The SMILES string of the molecule is COC(=O)c1ccc(-c2c3n(c4ncnc(N)c24)C[C@H](NC(=O)OC(C)(C)C)CC3)cc1C. The van der Waals surface area contributed by atoms with Crippen LogP contribution in [0.1, 0.15) is 48.8 Å². The maximum absolute atomic E-state index is 12.3. The predicted octanol–water partition coefficient (Wildman–Crippen LogP) is 3.62. The molecular formula is C24H29N5O4. The molecule has 1 amide bonds. The fraction of sp³-hybridized carbons (Fsp3) is 0.417. The summed E-state index contributed by atoms with van der Waals surface area (Å²) in [5, 5.41) is 3.75. The van der Waals surface area contributed by atoms with Gasteiger partial charge in [0.1, 0.15) is 23.4 Å². The number of alkyl carbamates (subject to hydrolysis) is 1. The summed E-state index contributed by atoms with van der Waals surface area (Å²) in [5.74, 6) is 0.0185. The molecule has 0 unspecified atom stereocenters. The second kappa shape index (κ2) is 8.38. The van der Waals surface area contributed by atoms with E-state index in [9.17, 15) is 9.59 Å². The summed E-state index contributed by atoms with van der Waals surface area (Å²) in [6, 6.07) is 5.52. The number of rotatable bonds is 3. The van der Waals surface area contributed by atoms with Crippen LogP contribution < -0.4 is 11.1 Å². The molecular weight excluding hydrogens is 422 g/mol. The number of aryl methyl sites for hydroxylation is 1. The quantitative estimate of drug-likeness (QED) is 0.583. The Balaban J connectivity index is 1.75. The first kappa shape index (κ1) is 22.6. The number of aromatic nitrogens is 3. The first-order chi connectivity index (χ1) is 15.6. The maximum Gasteiger partial charge on any atom is 0.407 e. The van der Waals surface area contributed by atoms with Crippen LogP contribution in [0.5, 0.6) is 0 Å². The van der Waals surface area contributed by atoms with Crippen LogP contribution in [0.4, 0.5) is 10.6 Å². The van der Waals surface area contributed by atoms with Gasteiger partial charge < -0.3 is 25.1 Å². The number of nitrogen functional groups attached to an aromatic ring is 1. The molecule has 174 valence electrons. The summed E-state index contributed by atoms with van der Waals surface area (Å²) in [6.45, 7) is 7.93. The number of nitrogens with two attached hydrogens (primary N) is 1. The van der Waals surface area contributed by atoms with E-state index in [0.29, 0.717) is 24.3 Å². The molecule has 33 heavy (non-hydrogen) atoms. The van der Waals surface area contributed by atoms with E-state index in [2.05, 4.69) is 19.9 Å². The van der Waals surface area contributed by atoms with Crippen molar-refractivity contribution in [2.45, 2.75) is 58.7 Å². The molecule has 0 saturated heterocycles. The molecule has 2 aromatic heterocycles. The molecule has 0 aliphatic carbocycles. The van der Waals surface area contributed by atoms with Gasteiger partial charge in [-0.05, 0) is 57.7 Å². The molecule has 1 aliphatic heterocycles. The number of nitrogens with one attached hydrogen (secondary N) is 1. The third-order valence-electron chi connectivity index (χ3n) is 5.75. The topological polar surface area (TPSA) is 121 Å². The van der Waals surface area contributed by atoms with Gasteiger partial charge in [-0.25, -0.2) is 19.6 Å². The van der Waals surface area contributed by atoms with Gasteiger partial charge in [-0.15, -0.1) is 0 Å². The van der Waals surface area contributed by atoms with E-state index in [1.54, 1.807) is 6.07 Å². The van der Waals surface area contributed by atoms with Crippen molar-refractivity contribution in [1.82, 2.24) is 19.9 Å². The lowest BCUT2D eigenvalue weighted by Crippen LogP contribution is -2.43. The molecule has 0 fully saturated rings. The monoisotopic (exact) mass is 451 g/mol. The van der Waals surface area contributed by atoms with Crippen molar-refractivity contribution < 1.29 is 19.1 Å². The summed E-state index contributed by atoms with van der Waals surface area (Å²) in [6.07, 6.45) is 2.47. The molecule has 3 N–H and O–H groups in total. The number of ether oxygens (including phenoxy) is 2. The first-order valence-electron chi connectivity index (χ1n) is 10.9. The van der Waals surface area contributed by atoms with Crippen molar-refractivity contribution >= 4 is 28.9 Å². The van der Waals surface area contributed by atoms with Gasteiger partial charge in [-0.2, -0.15) is 0 Å². The van der Waals surface area contributed by atoms with Crippen molar-refractivity contribution in [2.24, 2.45) is 0 Å². The Kier molecular flexibility index (Phi) is 5.73. The maximum atomic E-state index is 12.3. The highest BCUT2D eigenvalue weighted by Crippen LogP contribution is 2.39. The third-order valence-corrected chi connectivity index (χ3v) is 5.75. The Hall–Kier alpha value is -3.62. The molecule has 0 saturated carbocycles. The zero-order valence-corrected chi connectivity index (χ0v) is 19.6. The number of carbonyl (C=O) groups is 2. The van der Waals surface area contributed by atoms with E-state index in [-0.39, 0.29) is 12.0 Å². The number of nitrogens with zero attached hydrogens (tertiary/aromatic N) is 3. The second-order valence-electron chi connectivity index (χ2n) is 9.29. The Bertz CT molecular complexity index is 1240. The Morgan fingerprint density at radius 3 is 2.67 bits per heavy atom. The van der Waals surface area contributed by atoms with Gasteiger partial charge in [0.25, 0.3) is 0 Å². The molecule has 0 bridgehead atoms. The highest BCUT2D eigenvalue weighted by Gasteiger charge is 2.29. The number of methoxy groups -OCH3 is 1. The predicted molar refractivity (Wildman–Crippen MR) is 125 cm³/mol. The van der Waals surface area contributed by atoms with E-state index < -0.39 is 11.7 Å². The van der Waals surface area contributed by atoms with E-state index in [1.807, 2.05) is 39.8 Å². The molecule has 1 aromatic carbocycles. The molecule has 1 aliphatic rings. The molecule has 3 heterocycles. The second-order valence-corrected chi connectivity index (χ2v) is 9.29. The van der Waals surface area contributed by atoms with Gasteiger partial charge in [-0.3, -0.25) is 0 Å². The van der Waals surface area contributed by atoms with Crippen molar-refractivity contribution in [2.75, 3.05) is 12.8 Å². The van der Waals surface area contributed by atoms with Crippen LogP contribution in [-0.4, -0.2) is 45.4 Å². The van der Waals surface area contributed by atoms with Crippen LogP contribution in [-0.2, 0) is 22.4 Å². The van der Waals surface area contributed by atoms with Crippen LogP contribution in [0.25, 0.3) is 22.2 Å². The minimum atomic E-state index is -0.562. The number of hydrogen-bond acceptors (Lipinski definition) is 7. The Morgan fingerprint density at radius 1 is 1.24 bits per heavy atom. The van der Waals surface area contributed by atoms with Crippen LogP contribution in [0.15, 0.2) is 24.5 Å². The number of hydrogen-bond donors (Lipinski definition) is 2. The summed E-state index contributed by atoms with van der Waals surface area (Å²) >= 11 is 0. The standard InChI is InChI=1S/C24H29N5O4/c1-13-10-14(6-8-16(13)22(30)32-5)18-17-9-7-15(28-23(31)33-24(2,3)4)11-29(17)21-19(18)20(25)26-12-27-21/h6,8,10,12,15H,7,9,11H2,1-5H3,(H,28,31)(H2,25,26,27)/t15-/m1/s1. The summed E-state index contributed by atoms with van der Waals surface area (Å²) in [4.78, 5) is 33.1. The highest BCUT2D eigenvalue weighted by atomic mass is 16.6. The van der Waals surface area contributed by atoms with E-state index >= 15 is 0 Å². The van der Waals surface area contributed by atoms with Crippen LogP contribution >= 0.6 is 0 Å². The lowest BCUT2D eigenvalue weighted by molar-refractivity contribution is 0.0492. The van der Waals surface area contributed by atoms with Gasteiger partial charge >= 0.3 is 12.1 Å². The molecule has 1 atom stereocenters. The van der Waals surface area contributed by atoms with E-state index in [1.165, 1.54) is 13.4 Å². The minimum Gasteiger partial charge on any atom is -0.465 e. The molecule has 4 rings (SSSR count). The number of anilines is 1. The number of benzene rings is 1. The van der Waals surface area contributed by atoms with Gasteiger partial charge in [-0.1, -0.05) is 12.1 Å². The first-order valence-corrected chi connectivity index (χ1v) is 10.9. The largest absolute Gasteiger partial charge is 0.465 e. The summed E-state index contributed by atoms with van der Waals surface area (Å²) < 4.78 is 12.4. The average molecular weight is 452 g/mol. The molecule has 0 radical (unpaired) electrons. The zero-order chi connectivity index (χ0) is 23.9. The fourth-order valence-electron chi connectivity index (χ4n) is 4.38. The smallest absolute Gasteiger partial charge is 0.407 e. The van der Waals surface area contributed by atoms with E-state index in [0.717, 1.165) is 39.8 Å². The number of fused-ring (bicyclic) bond motifs is 3. The Morgan fingerprint density at radius 2 is 2.00 bits per heavy atom.